The van der Waals surface area contributed by atoms with E-state index in [1.54, 1.807) is 0 Å². The van der Waals surface area contributed by atoms with Gasteiger partial charge in [0.1, 0.15) is 5.75 Å². The summed E-state index contributed by atoms with van der Waals surface area (Å²) in [4.78, 5) is 0. The molecule has 1 aliphatic carbocycles. The van der Waals surface area contributed by atoms with Crippen LogP contribution in [0.25, 0.3) is 0 Å². The predicted octanol–water partition coefficient (Wildman–Crippen LogP) is 7.67. The summed E-state index contributed by atoms with van der Waals surface area (Å²) < 4.78 is 0. The van der Waals surface area contributed by atoms with E-state index in [1.165, 1.54) is 10.8 Å². The molecule has 4 unspecified atom stereocenters. The Morgan fingerprint density at radius 3 is 1.68 bits per heavy atom. The Hall–Kier alpha value is 0.531. The number of benzene rings is 1. The molecule has 5 heteroatoms. The van der Waals surface area contributed by atoms with Crippen molar-refractivity contribution in [2.75, 3.05) is 0 Å². The van der Waals surface area contributed by atoms with Crippen molar-refractivity contribution < 1.29 is 22.1 Å². The molecule has 1 nitrogen and oxygen atoms in total. The Bertz CT molecular complexity index is 628. The third-order valence-corrected chi connectivity index (χ3v) is 11.7. The van der Waals surface area contributed by atoms with Gasteiger partial charge in [-0.25, -0.2) is 0 Å². The minimum absolute atomic E-state index is 0. The van der Waals surface area contributed by atoms with E-state index in [9.17, 15) is 5.11 Å². The molecule has 0 aromatic heterocycles. The number of aryl methyl sites for hydroxylation is 1. The van der Waals surface area contributed by atoms with Crippen molar-refractivity contribution in [3.63, 3.8) is 0 Å². The number of rotatable bonds is 2. The van der Waals surface area contributed by atoms with Crippen LogP contribution in [0.1, 0.15) is 59.6 Å². The van der Waals surface area contributed by atoms with Gasteiger partial charge in [-0.3, -0.25) is 0 Å². The summed E-state index contributed by atoms with van der Waals surface area (Å²) >= 11 is -0.556. The molecule has 1 aromatic rings. The molecule has 1 N–H and O–H groups in total. The summed E-state index contributed by atoms with van der Waals surface area (Å²) in [6, 6.07) is 4.46. The van der Waals surface area contributed by atoms with Gasteiger partial charge in [0, 0.05) is 0 Å². The Morgan fingerprint density at radius 2 is 1.32 bits per heavy atom. The zero-order valence-electron chi connectivity index (χ0n) is 19.7. The molecule has 0 saturated heterocycles. The van der Waals surface area contributed by atoms with Crippen molar-refractivity contribution in [3.05, 3.63) is 30.7 Å². The second-order valence-corrected chi connectivity index (χ2v) is 17.4. The average Bonchev–Trinajstić information content (AvgIpc) is 2.72. The van der Waals surface area contributed by atoms with Gasteiger partial charge in [-0.1, -0.05) is 79.3 Å². The summed E-state index contributed by atoms with van der Waals surface area (Å²) in [5.41, 5.74) is 3.09. The fourth-order valence-corrected chi connectivity index (χ4v) is 10.4. The van der Waals surface area contributed by atoms with Gasteiger partial charge in [-0.2, -0.15) is 0 Å². The van der Waals surface area contributed by atoms with Crippen molar-refractivity contribution in [1.29, 1.82) is 0 Å². The number of phenols is 1. The van der Waals surface area contributed by atoms with E-state index in [0.29, 0.717) is 5.75 Å². The first-order valence-corrected chi connectivity index (χ1v) is 17.4. The molecule has 0 aliphatic heterocycles. The number of phenolic OH excluding ortho intramolecular Hbond substituents is 1. The van der Waals surface area contributed by atoms with E-state index >= 15 is 0 Å². The van der Waals surface area contributed by atoms with E-state index in [4.69, 9.17) is 18.6 Å². The SMILES string of the molecule is Cc1cc(C(C)(C)C)c(O)c([Si](C)(C)C2C(C)C(C)C(C)[C@H]2C)c1.[CH3-].[Cl][Ti][Cl]. The Kier molecular flexibility index (Phi) is 10.9. The van der Waals surface area contributed by atoms with E-state index < -0.39 is 25.1 Å². The van der Waals surface area contributed by atoms with Gasteiger partial charge in [0.2, 0.25) is 0 Å². The second kappa shape index (κ2) is 10.7. The second-order valence-electron chi connectivity index (χ2n) is 10.2. The molecule has 5 atom stereocenters. The van der Waals surface area contributed by atoms with Gasteiger partial charge in [0.05, 0.1) is 8.07 Å². The maximum atomic E-state index is 11.2. The van der Waals surface area contributed by atoms with Gasteiger partial charge in [0.15, 0.2) is 0 Å². The number of aromatic hydroxyl groups is 1. The van der Waals surface area contributed by atoms with Crippen molar-refractivity contribution >= 4 is 31.9 Å². The number of hydrogen-bond acceptors (Lipinski definition) is 1. The maximum absolute atomic E-state index is 11.2. The molecule has 1 saturated carbocycles. The normalized spacial score (nSPS) is 27.5. The van der Waals surface area contributed by atoms with Crippen LogP contribution >= 0.6 is 18.6 Å². The molecular formula is C23H41Cl2OSiTi-. The fraction of sp³-hybridized carbons (Fsp3) is 0.696. The summed E-state index contributed by atoms with van der Waals surface area (Å²) in [7, 11) is 7.99. The molecular weight excluding hydrogens is 439 g/mol. The summed E-state index contributed by atoms with van der Waals surface area (Å²) in [6.45, 7) is 23.5. The van der Waals surface area contributed by atoms with Gasteiger partial charge < -0.3 is 12.5 Å². The van der Waals surface area contributed by atoms with Gasteiger partial charge in [-0.15, -0.1) is 0 Å². The zero-order valence-corrected chi connectivity index (χ0v) is 23.8. The minimum atomic E-state index is -1.79. The number of halogens is 2. The summed E-state index contributed by atoms with van der Waals surface area (Å²) in [6.07, 6.45) is 0. The van der Waals surface area contributed by atoms with Crippen LogP contribution < -0.4 is 5.19 Å². The van der Waals surface area contributed by atoms with Gasteiger partial charge >= 0.3 is 35.6 Å². The molecule has 1 aliphatic rings. The molecule has 0 amide bonds. The Labute approximate surface area is 192 Å². The van der Waals surface area contributed by atoms with E-state index in [0.717, 1.165) is 34.8 Å². The monoisotopic (exact) mass is 479 g/mol. The van der Waals surface area contributed by atoms with Crippen LogP contribution in [0, 0.1) is 38.0 Å². The Balaban J connectivity index is 0.00000171. The van der Waals surface area contributed by atoms with Crippen LogP contribution in [-0.2, 0) is 22.4 Å². The topological polar surface area (TPSA) is 20.2 Å². The first-order chi connectivity index (χ1) is 12.2. The van der Waals surface area contributed by atoms with Crippen LogP contribution in [0.3, 0.4) is 0 Å². The third-order valence-electron chi connectivity index (χ3n) is 7.21. The zero-order chi connectivity index (χ0) is 21.3. The van der Waals surface area contributed by atoms with Crippen molar-refractivity contribution in [2.24, 2.45) is 23.7 Å². The van der Waals surface area contributed by atoms with Crippen LogP contribution in [0.4, 0.5) is 0 Å². The van der Waals surface area contributed by atoms with Gasteiger partial charge in [-0.05, 0) is 52.3 Å². The van der Waals surface area contributed by atoms with Crippen LogP contribution in [0.2, 0.25) is 18.6 Å². The standard InChI is InChI=1S/C22H38OSi.CH3.2ClH.Ti/c1-13-11-18(22(6,7)8)20(23)19(12-13)24(9,10)21-16(4)14(2)15(3)17(21)5;;;;/h11-12,14-17,21,23H,1-10H3;1H3;2*1H;/q;-1;;;+2/p-2/t14?,15?,16-,17?,21?;;;;/m1..../s1. The molecule has 162 valence electrons. The van der Waals surface area contributed by atoms with Crippen LogP contribution in [-0.4, -0.2) is 13.2 Å². The van der Waals surface area contributed by atoms with Crippen LogP contribution in [0.15, 0.2) is 12.1 Å². The third kappa shape index (κ3) is 5.82. The predicted molar refractivity (Wildman–Crippen MR) is 127 cm³/mol. The molecule has 28 heavy (non-hydrogen) atoms. The Morgan fingerprint density at radius 1 is 0.929 bits per heavy atom. The van der Waals surface area contributed by atoms with E-state index in [-0.39, 0.29) is 12.8 Å². The quantitative estimate of drug-likeness (QED) is 0.340. The van der Waals surface area contributed by atoms with Crippen LogP contribution in [0.5, 0.6) is 5.75 Å². The molecule has 0 spiro atoms. The molecule has 0 radical (unpaired) electrons. The molecule has 2 rings (SSSR count). The average molecular weight is 480 g/mol. The molecule has 0 bridgehead atoms. The molecule has 1 aromatic carbocycles. The molecule has 1 fully saturated rings. The first-order valence-electron chi connectivity index (χ1n) is 10.0. The van der Waals surface area contributed by atoms with E-state index in [2.05, 4.69) is 80.6 Å². The van der Waals surface area contributed by atoms with E-state index in [1.807, 2.05) is 0 Å². The number of hydrogen-bond donors (Lipinski definition) is 1. The summed E-state index contributed by atoms with van der Waals surface area (Å²) in [5, 5.41) is 12.5. The van der Waals surface area contributed by atoms with Gasteiger partial charge in [0.25, 0.3) is 0 Å². The fourth-order valence-electron chi connectivity index (χ4n) is 5.43. The first kappa shape index (κ1) is 28.5. The van der Waals surface area contributed by atoms with Crippen molar-refractivity contribution in [2.45, 2.75) is 79.4 Å². The van der Waals surface area contributed by atoms with Crippen molar-refractivity contribution in [3.8, 4) is 5.75 Å². The summed E-state index contributed by atoms with van der Waals surface area (Å²) in [5.74, 6) is 3.58. The molecule has 0 heterocycles. The van der Waals surface area contributed by atoms with Crippen molar-refractivity contribution in [1.82, 2.24) is 0 Å².